The molecule has 106 valence electrons. The molecule has 0 aromatic carbocycles. The number of carboxylic acids is 1. The normalized spacial score (nSPS) is 23.6. The molecule has 1 atom stereocenters. The van der Waals surface area contributed by atoms with Crippen LogP contribution in [0.4, 0.5) is 0 Å². The number of pyridine rings is 1. The van der Waals surface area contributed by atoms with Crippen LogP contribution in [-0.4, -0.2) is 40.0 Å². The van der Waals surface area contributed by atoms with Gasteiger partial charge in [0, 0.05) is 18.8 Å². The van der Waals surface area contributed by atoms with E-state index in [0.29, 0.717) is 18.8 Å². The highest BCUT2D eigenvalue weighted by atomic mass is 16.4. The fourth-order valence-electron chi connectivity index (χ4n) is 3.23. The van der Waals surface area contributed by atoms with Crippen molar-refractivity contribution in [2.24, 2.45) is 11.3 Å². The van der Waals surface area contributed by atoms with E-state index >= 15 is 0 Å². The Hall–Kier alpha value is -1.91. The SMILES string of the molecule is Cc1cccc(C(=O)N2CCC3(CC2)CC3C(=O)O)n1. The molecule has 2 fully saturated rings. The van der Waals surface area contributed by atoms with Crippen LogP contribution in [0, 0.1) is 18.3 Å². The van der Waals surface area contributed by atoms with Crippen molar-refractivity contribution in [2.45, 2.75) is 26.2 Å². The summed E-state index contributed by atoms with van der Waals surface area (Å²) in [5.74, 6) is -0.932. The molecule has 1 aromatic rings. The Labute approximate surface area is 117 Å². The Morgan fingerprint density at radius 3 is 2.60 bits per heavy atom. The van der Waals surface area contributed by atoms with E-state index in [2.05, 4.69) is 4.98 Å². The molecule has 1 aromatic heterocycles. The lowest BCUT2D eigenvalue weighted by Gasteiger charge is -2.32. The quantitative estimate of drug-likeness (QED) is 0.891. The van der Waals surface area contributed by atoms with E-state index in [0.717, 1.165) is 25.0 Å². The second-order valence-electron chi connectivity index (χ2n) is 5.91. The summed E-state index contributed by atoms with van der Waals surface area (Å²) in [5.41, 5.74) is 1.27. The van der Waals surface area contributed by atoms with Gasteiger partial charge in [-0.15, -0.1) is 0 Å². The first-order chi connectivity index (χ1) is 9.52. The maximum Gasteiger partial charge on any atom is 0.307 e. The van der Waals surface area contributed by atoms with Crippen molar-refractivity contribution in [2.75, 3.05) is 13.1 Å². The van der Waals surface area contributed by atoms with Gasteiger partial charge in [0.25, 0.3) is 5.91 Å². The van der Waals surface area contributed by atoms with E-state index in [1.807, 2.05) is 19.1 Å². The van der Waals surface area contributed by atoms with Crippen molar-refractivity contribution in [3.63, 3.8) is 0 Å². The molecule has 1 unspecified atom stereocenters. The molecule has 0 bridgehead atoms. The molecule has 1 spiro atoms. The number of hydrogen-bond acceptors (Lipinski definition) is 3. The van der Waals surface area contributed by atoms with E-state index in [-0.39, 0.29) is 17.2 Å². The number of piperidine rings is 1. The molecule has 2 heterocycles. The number of carbonyl (C=O) groups is 2. The van der Waals surface area contributed by atoms with Crippen LogP contribution in [0.15, 0.2) is 18.2 Å². The second-order valence-corrected chi connectivity index (χ2v) is 5.91. The number of carboxylic acid groups (broad SMARTS) is 1. The largest absolute Gasteiger partial charge is 0.481 e. The predicted molar refractivity (Wildman–Crippen MR) is 72.3 cm³/mol. The Kier molecular flexibility index (Phi) is 3.00. The molecular weight excluding hydrogens is 256 g/mol. The van der Waals surface area contributed by atoms with Crippen molar-refractivity contribution in [1.82, 2.24) is 9.88 Å². The minimum atomic E-state index is -0.690. The summed E-state index contributed by atoms with van der Waals surface area (Å²) in [6, 6.07) is 5.43. The monoisotopic (exact) mass is 274 g/mol. The van der Waals surface area contributed by atoms with Crippen LogP contribution < -0.4 is 0 Å². The first-order valence-electron chi connectivity index (χ1n) is 6.98. The summed E-state index contributed by atoms with van der Waals surface area (Å²) in [6.45, 7) is 3.14. The summed E-state index contributed by atoms with van der Waals surface area (Å²) in [7, 11) is 0. The van der Waals surface area contributed by atoms with Gasteiger partial charge in [-0.1, -0.05) is 6.07 Å². The van der Waals surface area contributed by atoms with Crippen molar-refractivity contribution in [3.8, 4) is 0 Å². The van der Waals surface area contributed by atoms with Gasteiger partial charge in [0.05, 0.1) is 5.92 Å². The molecule has 1 amide bonds. The van der Waals surface area contributed by atoms with Gasteiger partial charge in [0.2, 0.25) is 0 Å². The topological polar surface area (TPSA) is 70.5 Å². The van der Waals surface area contributed by atoms with Gasteiger partial charge in [0.15, 0.2) is 0 Å². The molecule has 5 nitrogen and oxygen atoms in total. The van der Waals surface area contributed by atoms with Crippen molar-refractivity contribution < 1.29 is 14.7 Å². The lowest BCUT2D eigenvalue weighted by atomic mass is 9.90. The van der Waals surface area contributed by atoms with E-state index in [1.54, 1.807) is 11.0 Å². The number of nitrogens with zero attached hydrogens (tertiary/aromatic N) is 2. The molecule has 1 saturated carbocycles. The summed E-state index contributed by atoms with van der Waals surface area (Å²) in [5, 5.41) is 9.06. The first-order valence-corrected chi connectivity index (χ1v) is 6.98. The average Bonchev–Trinajstić information content (AvgIpc) is 3.13. The number of carbonyl (C=O) groups excluding carboxylic acids is 1. The fraction of sp³-hybridized carbons (Fsp3) is 0.533. The molecule has 1 aliphatic heterocycles. The number of hydrogen-bond donors (Lipinski definition) is 1. The fourth-order valence-corrected chi connectivity index (χ4v) is 3.23. The van der Waals surface area contributed by atoms with E-state index in [1.165, 1.54) is 0 Å². The number of aryl methyl sites for hydroxylation is 1. The average molecular weight is 274 g/mol. The highest BCUT2D eigenvalue weighted by Crippen LogP contribution is 2.59. The highest BCUT2D eigenvalue weighted by molar-refractivity contribution is 5.92. The molecule has 1 aliphatic carbocycles. The van der Waals surface area contributed by atoms with Gasteiger partial charge in [0.1, 0.15) is 5.69 Å². The molecule has 20 heavy (non-hydrogen) atoms. The van der Waals surface area contributed by atoms with Gasteiger partial charge >= 0.3 is 5.97 Å². The van der Waals surface area contributed by atoms with Gasteiger partial charge in [-0.3, -0.25) is 9.59 Å². The third-order valence-electron chi connectivity index (χ3n) is 4.64. The Bertz CT molecular complexity index is 562. The summed E-state index contributed by atoms with van der Waals surface area (Å²) < 4.78 is 0. The smallest absolute Gasteiger partial charge is 0.307 e. The van der Waals surface area contributed by atoms with E-state index < -0.39 is 5.97 Å². The summed E-state index contributed by atoms with van der Waals surface area (Å²) in [6.07, 6.45) is 2.36. The molecular formula is C15H18N2O3. The van der Waals surface area contributed by atoms with Crippen LogP contribution in [0.5, 0.6) is 0 Å². The van der Waals surface area contributed by atoms with Crippen molar-refractivity contribution in [1.29, 1.82) is 0 Å². The number of rotatable bonds is 2. The number of aromatic nitrogens is 1. The number of aliphatic carboxylic acids is 1. The predicted octanol–water partition coefficient (Wildman–Crippen LogP) is 1.72. The molecule has 2 aliphatic rings. The standard InChI is InChI=1S/C15H18N2O3/c1-10-3-2-4-12(16-10)13(18)17-7-5-15(6-8-17)9-11(15)14(19)20/h2-4,11H,5-9H2,1H3,(H,19,20). The second kappa shape index (κ2) is 4.58. The third-order valence-corrected chi connectivity index (χ3v) is 4.64. The van der Waals surface area contributed by atoms with Crippen LogP contribution in [0.25, 0.3) is 0 Å². The van der Waals surface area contributed by atoms with Gasteiger partial charge in [-0.25, -0.2) is 4.98 Å². The zero-order chi connectivity index (χ0) is 14.3. The molecule has 3 rings (SSSR count). The minimum Gasteiger partial charge on any atom is -0.481 e. The van der Waals surface area contributed by atoms with Crippen molar-refractivity contribution in [3.05, 3.63) is 29.6 Å². The minimum absolute atomic E-state index is 0.0390. The Balaban J connectivity index is 1.64. The lowest BCUT2D eigenvalue weighted by molar-refractivity contribution is -0.139. The maximum atomic E-state index is 12.3. The summed E-state index contributed by atoms with van der Waals surface area (Å²) in [4.78, 5) is 29.4. The van der Waals surface area contributed by atoms with Crippen LogP contribution in [0.2, 0.25) is 0 Å². The van der Waals surface area contributed by atoms with Crippen LogP contribution in [-0.2, 0) is 4.79 Å². The van der Waals surface area contributed by atoms with Crippen LogP contribution >= 0.6 is 0 Å². The van der Waals surface area contributed by atoms with Crippen LogP contribution in [0.1, 0.15) is 35.4 Å². The van der Waals surface area contributed by atoms with Crippen molar-refractivity contribution >= 4 is 11.9 Å². The molecule has 5 heteroatoms. The van der Waals surface area contributed by atoms with E-state index in [9.17, 15) is 9.59 Å². The molecule has 1 saturated heterocycles. The lowest BCUT2D eigenvalue weighted by Crippen LogP contribution is -2.40. The Morgan fingerprint density at radius 1 is 1.35 bits per heavy atom. The maximum absolute atomic E-state index is 12.3. The zero-order valence-corrected chi connectivity index (χ0v) is 11.5. The zero-order valence-electron chi connectivity index (χ0n) is 11.5. The van der Waals surface area contributed by atoms with Gasteiger partial charge in [-0.2, -0.15) is 0 Å². The van der Waals surface area contributed by atoms with Crippen LogP contribution in [0.3, 0.4) is 0 Å². The number of likely N-dealkylation sites (tertiary alicyclic amines) is 1. The van der Waals surface area contributed by atoms with Gasteiger partial charge in [-0.05, 0) is 43.7 Å². The number of amides is 1. The Morgan fingerprint density at radius 2 is 2.05 bits per heavy atom. The molecule has 0 radical (unpaired) electrons. The first kappa shape index (κ1) is 13.1. The summed E-state index contributed by atoms with van der Waals surface area (Å²) >= 11 is 0. The van der Waals surface area contributed by atoms with E-state index in [4.69, 9.17) is 5.11 Å². The third kappa shape index (κ3) is 2.17. The molecule has 1 N–H and O–H groups in total. The van der Waals surface area contributed by atoms with Gasteiger partial charge < -0.3 is 10.0 Å². The highest BCUT2D eigenvalue weighted by Gasteiger charge is 2.59.